The number of pyridine rings is 1. The molecule has 0 fully saturated rings. The van der Waals surface area contributed by atoms with Crippen molar-refractivity contribution < 1.29 is 9.13 Å². The van der Waals surface area contributed by atoms with Gasteiger partial charge in [0, 0.05) is 37.1 Å². The first kappa shape index (κ1) is 24.7. The second-order valence-corrected chi connectivity index (χ2v) is 10.1. The first-order chi connectivity index (χ1) is 18.1. The molecule has 5 heteroatoms. The minimum Gasteiger partial charge on any atom is -0.234 e. The van der Waals surface area contributed by atoms with E-state index in [1.165, 1.54) is 5.56 Å². The van der Waals surface area contributed by atoms with E-state index >= 15 is 0 Å². The van der Waals surface area contributed by atoms with Gasteiger partial charge in [0.15, 0.2) is 12.2 Å². The molecule has 0 saturated heterocycles. The van der Waals surface area contributed by atoms with E-state index in [0.717, 1.165) is 58.4 Å². The van der Waals surface area contributed by atoms with Crippen molar-refractivity contribution >= 4 is 33.4 Å². The molecular weight excluding hydrogens is 454 g/mol. The molecule has 0 N–H and O–H groups in total. The number of para-hydroxylation sites is 1. The van der Waals surface area contributed by atoms with E-state index < -0.39 is 0 Å². The van der Waals surface area contributed by atoms with E-state index in [1.807, 2.05) is 30.3 Å². The lowest BCUT2D eigenvalue weighted by atomic mass is 10.0. The highest BCUT2D eigenvalue weighted by molar-refractivity contribution is 5.83. The zero-order valence-corrected chi connectivity index (χ0v) is 22.2. The Morgan fingerprint density at radius 2 is 1.43 bits per heavy atom. The molecule has 0 radical (unpaired) electrons. The van der Waals surface area contributed by atoms with Gasteiger partial charge >= 0.3 is 5.52 Å². The van der Waals surface area contributed by atoms with Gasteiger partial charge in [0.05, 0.1) is 11.4 Å². The SMILES string of the molecule is CCC(CC)[n+]1ccc2nc3ccc(N=Nc4ccc(CC(C)C)cc4)cc3[n+](-c3ccccc3)c2c1. The summed E-state index contributed by atoms with van der Waals surface area (Å²) in [4.78, 5) is 5.00. The van der Waals surface area contributed by atoms with Crippen LogP contribution in [-0.2, 0) is 6.42 Å². The number of rotatable bonds is 8. The van der Waals surface area contributed by atoms with Crippen LogP contribution < -0.4 is 9.13 Å². The fourth-order valence-corrected chi connectivity index (χ4v) is 4.94. The highest BCUT2D eigenvalue weighted by Crippen LogP contribution is 2.24. The van der Waals surface area contributed by atoms with Gasteiger partial charge in [-0.2, -0.15) is 14.8 Å². The Labute approximate surface area is 219 Å². The molecule has 0 aliphatic rings. The predicted molar refractivity (Wildman–Crippen MR) is 150 cm³/mol. The molecule has 0 bridgehead atoms. The summed E-state index contributed by atoms with van der Waals surface area (Å²) in [5.74, 6) is 0.635. The third-order valence-corrected chi connectivity index (χ3v) is 6.86. The lowest BCUT2D eigenvalue weighted by Gasteiger charge is -2.09. The van der Waals surface area contributed by atoms with Crippen LogP contribution in [0.4, 0.5) is 11.4 Å². The van der Waals surface area contributed by atoms with Crippen LogP contribution in [0.2, 0.25) is 0 Å². The standard InChI is InChI=1S/C32H35N5/c1-5-27(6-2)36-19-18-30-32(22-36)37(28-10-8-7-9-11-28)31-21-26(16-17-29(31)33-30)35-34-25-14-12-24(13-15-25)20-23(3)4/h7-19,21-23,27H,5-6,20H2,1-4H3/q+2. The molecule has 5 nitrogen and oxygen atoms in total. The van der Waals surface area contributed by atoms with Gasteiger partial charge in [-0.1, -0.05) is 58.0 Å². The van der Waals surface area contributed by atoms with E-state index in [4.69, 9.17) is 4.98 Å². The minimum atomic E-state index is 0.455. The van der Waals surface area contributed by atoms with Gasteiger partial charge in [0.25, 0.3) is 0 Å². The Bertz CT molecular complexity index is 1540. The summed E-state index contributed by atoms with van der Waals surface area (Å²) >= 11 is 0. The zero-order valence-electron chi connectivity index (χ0n) is 22.2. The van der Waals surface area contributed by atoms with Crippen LogP contribution in [-0.4, -0.2) is 4.98 Å². The highest BCUT2D eigenvalue weighted by Gasteiger charge is 2.24. The van der Waals surface area contributed by atoms with Gasteiger partial charge in [0.2, 0.25) is 17.4 Å². The van der Waals surface area contributed by atoms with Crippen molar-refractivity contribution in [2.75, 3.05) is 0 Å². The van der Waals surface area contributed by atoms with Crippen molar-refractivity contribution in [1.82, 2.24) is 4.98 Å². The number of hydrogen-bond acceptors (Lipinski definition) is 3. The number of fused-ring (bicyclic) bond motifs is 2. The average molecular weight is 490 g/mol. The molecule has 0 unspecified atom stereocenters. The molecule has 0 amide bonds. The molecule has 2 aromatic heterocycles. The fourth-order valence-electron chi connectivity index (χ4n) is 4.94. The summed E-state index contributed by atoms with van der Waals surface area (Å²) in [6.45, 7) is 8.95. The van der Waals surface area contributed by atoms with Crippen molar-refractivity contribution in [3.05, 3.63) is 96.8 Å². The van der Waals surface area contributed by atoms with E-state index in [2.05, 4.69) is 108 Å². The highest BCUT2D eigenvalue weighted by atomic mass is 15.1. The maximum atomic E-state index is 5.00. The van der Waals surface area contributed by atoms with Crippen molar-refractivity contribution in [3.63, 3.8) is 0 Å². The molecule has 37 heavy (non-hydrogen) atoms. The largest absolute Gasteiger partial charge is 0.301 e. The van der Waals surface area contributed by atoms with E-state index in [-0.39, 0.29) is 0 Å². The third kappa shape index (κ3) is 5.41. The molecule has 2 heterocycles. The van der Waals surface area contributed by atoms with Gasteiger partial charge in [0.1, 0.15) is 11.0 Å². The number of aromatic nitrogens is 3. The summed E-state index contributed by atoms with van der Waals surface area (Å²) in [7, 11) is 0. The maximum Gasteiger partial charge on any atom is 0.301 e. The van der Waals surface area contributed by atoms with E-state index in [9.17, 15) is 0 Å². The molecule has 186 valence electrons. The van der Waals surface area contributed by atoms with Gasteiger partial charge in [-0.15, -0.1) is 4.57 Å². The molecule has 0 atom stereocenters. The maximum absolute atomic E-state index is 5.00. The Morgan fingerprint density at radius 3 is 2.14 bits per heavy atom. The van der Waals surface area contributed by atoms with Crippen molar-refractivity contribution in [2.45, 2.75) is 53.0 Å². The van der Waals surface area contributed by atoms with Crippen LogP contribution >= 0.6 is 0 Å². The topological polar surface area (TPSA) is 45.4 Å². The number of azo groups is 1. The molecule has 0 saturated carbocycles. The predicted octanol–water partition coefficient (Wildman–Crippen LogP) is 7.93. The van der Waals surface area contributed by atoms with Crippen molar-refractivity contribution in [3.8, 4) is 5.69 Å². The second kappa shape index (κ2) is 11.0. The molecule has 3 aromatic carbocycles. The molecule has 0 aliphatic heterocycles. The van der Waals surface area contributed by atoms with Crippen LogP contribution in [0, 0.1) is 5.92 Å². The summed E-state index contributed by atoms with van der Waals surface area (Å²) in [5.41, 5.74) is 8.04. The molecular formula is C32H35N5+2. The quantitative estimate of drug-likeness (QED) is 0.124. The lowest BCUT2D eigenvalue weighted by molar-refractivity contribution is -0.725. The Balaban J connectivity index is 1.62. The van der Waals surface area contributed by atoms with Gasteiger partial charge in [-0.25, -0.2) is 4.98 Å². The summed E-state index contributed by atoms with van der Waals surface area (Å²) < 4.78 is 4.61. The first-order valence-corrected chi connectivity index (χ1v) is 13.3. The van der Waals surface area contributed by atoms with Crippen LogP contribution in [0.5, 0.6) is 0 Å². The smallest absolute Gasteiger partial charge is 0.234 e. The van der Waals surface area contributed by atoms with Gasteiger partial charge in [-0.3, -0.25) is 0 Å². The second-order valence-electron chi connectivity index (χ2n) is 10.1. The Morgan fingerprint density at radius 1 is 0.757 bits per heavy atom. The van der Waals surface area contributed by atoms with Crippen molar-refractivity contribution in [2.24, 2.45) is 16.1 Å². The average Bonchev–Trinajstić information content (AvgIpc) is 2.92. The molecule has 0 aliphatic carbocycles. The van der Waals surface area contributed by atoms with Crippen LogP contribution in [0.25, 0.3) is 27.8 Å². The van der Waals surface area contributed by atoms with E-state index in [0.29, 0.717) is 12.0 Å². The lowest BCUT2D eigenvalue weighted by Crippen LogP contribution is -2.41. The van der Waals surface area contributed by atoms with Gasteiger partial charge in [-0.05, 0) is 42.2 Å². The molecule has 5 aromatic rings. The van der Waals surface area contributed by atoms with Crippen LogP contribution in [0.1, 0.15) is 52.1 Å². The fraction of sp³-hybridized carbons (Fsp3) is 0.281. The number of hydrogen-bond donors (Lipinski definition) is 0. The number of benzene rings is 3. The first-order valence-electron chi connectivity index (χ1n) is 13.3. The van der Waals surface area contributed by atoms with Crippen molar-refractivity contribution in [1.29, 1.82) is 0 Å². The monoisotopic (exact) mass is 489 g/mol. The Hall–Kier alpha value is -3.99. The molecule has 0 spiro atoms. The number of nitrogens with zero attached hydrogens (tertiary/aromatic N) is 5. The summed E-state index contributed by atoms with van der Waals surface area (Å²) in [6.07, 6.45) is 7.63. The normalized spacial score (nSPS) is 11.9. The third-order valence-electron chi connectivity index (χ3n) is 6.86. The minimum absolute atomic E-state index is 0.455. The summed E-state index contributed by atoms with van der Waals surface area (Å²) in [6, 6.07) is 27.5. The summed E-state index contributed by atoms with van der Waals surface area (Å²) in [5, 5.41) is 9.10. The van der Waals surface area contributed by atoms with Crippen LogP contribution in [0.15, 0.2) is 101 Å². The molecule has 5 rings (SSSR count). The zero-order chi connectivity index (χ0) is 25.8. The van der Waals surface area contributed by atoms with E-state index in [1.54, 1.807) is 0 Å². The van der Waals surface area contributed by atoms with Gasteiger partial charge < -0.3 is 0 Å². The van der Waals surface area contributed by atoms with Crippen LogP contribution in [0.3, 0.4) is 0 Å². The Kier molecular flexibility index (Phi) is 7.31.